The molecule has 108 valence electrons. The lowest BCUT2D eigenvalue weighted by molar-refractivity contribution is -0.385. The minimum atomic E-state index is -0.678. The van der Waals surface area contributed by atoms with Crippen LogP contribution in [0.2, 0.25) is 0 Å². The minimum Gasteiger partial charge on any atom is -0.486 e. The molecule has 2 aromatic rings. The largest absolute Gasteiger partial charge is 0.486 e. The molecule has 0 saturated carbocycles. The Kier molecular flexibility index (Phi) is 3.14. The molecule has 1 amide bonds. The Hall–Kier alpha value is -3.10. The van der Waals surface area contributed by atoms with Crippen LogP contribution in [-0.4, -0.2) is 34.2 Å². The van der Waals surface area contributed by atoms with Crippen molar-refractivity contribution in [1.29, 1.82) is 0 Å². The van der Waals surface area contributed by atoms with E-state index in [1.54, 1.807) is 18.2 Å². The third-order valence-corrected chi connectivity index (χ3v) is 2.84. The number of aromatic nitrogens is 2. The molecule has 1 aromatic heterocycles. The van der Waals surface area contributed by atoms with Crippen LogP contribution in [0.4, 0.5) is 11.4 Å². The smallest absolute Gasteiger partial charge is 0.319 e. The highest BCUT2D eigenvalue weighted by molar-refractivity contribution is 6.05. The molecular formula is C12H10N4O5. The Morgan fingerprint density at radius 3 is 2.86 bits per heavy atom. The minimum absolute atomic E-state index is 0.213. The van der Waals surface area contributed by atoms with Crippen LogP contribution in [0.5, 0.6) is 11.5 Å². The van der Waals surface area contributed by atoms with Gasteiger partial charge in [-0.2, -0.15) is 5.10 Å². The molecule has 0 unspecified atom stereocenters. The van der Waals surface area contributed by atoms with E-state index in [4.69, 9.17) is 9.47 Å². The van der Waals surface area contributed by atoms with Crippen LogP contribution >= 0.6 is 0 Å². The van der Waals surface area contributed by atoms with Crippen LogP contribution in [-0.2, 0) is 0 Å². The molecule has 21 heavy (non-hydrogen) atoms. The summed E-state index contributed by atoms with van der Waals surface area (Å²) in [7, 11) is 0. The molecule has 0 saturated heterocycles. The summed E-state index contributed by atoms with van der Waals surface area (Å²) in [5, 5.41) is 19.1. The number of carbonyl (C=O) groups excluding carboxylic acids is 1. The molecule has 2 heterocycles. The summed E-state index contributed by atoms with van der Waals surface area (Å²) in [4.78, 5) is 22.1. The van der Waals surface area contributed by atoms with Gasteiger partial charge in [-0.25, -0.2) is 0 Å². The zero-order chi connectivity index (χ0) is 14.8. The molecule has 0 spiro atoms. The Morgan fingerprint density at radius 1 is 1.33 bits per heavy atom. The number of aromatic amines is 1. The van der Waals surface area contributed by atoms with Crippen molar-refractivity contribution in [3.05, 3.63) is 40.2 Å². The normalized spacial score (nSPS) is 12.8. The molecule has 9 nitrogen and oxygen atoms in total. The van der Waals surface area contributed by atoms with Crippen molar-refractivity contribution in [2.75, 3.05) is 18.5 Å². The highest BCUT2D eigenvalue weighted by Gasteiger charge is 2.23. The number of H-pyrrole nitrogens is 1. The maximum Gasteiger partial charge on any atom is 0.319 e. The first-order valence-electron chi connectivity index (χ1n) is 6.04. The number of amides is 1. The van der Waals surface area contributed by atoms with Crippen LogP contribution in [0.25, 0.3) is 0 Å². The van der Waals surface area contributed by atoms with Gasteiger partial charge < -0.3 is 14.8 Å². The number of carbonyl (C=O) groups is 1. The standard InChI is InChI=1S/C12H10N4O5/c17-12(11-8(16(18)19)6-13-15-11)14-7-1-2-9-10(5-7)21-4-3-20-9/h1-2,5-6H,3-4H2,(H,13,15)(H,14,17). The van der Waals surface area contributed by atoms with Crippen molar-refractivity contribution in [2.24, 2.45) is 0 Å². The predicted molar refractivity (Wildman–Crippen MR) is 70.6 cm³/mol. The van der Waals surface area contributed by atoms with Crippen molar-refractivity contribution in [3.63, 3.8) is 0 Å². The van der Waals surface area contributed by atoms with Gasteiger partial charge in [-0.3, -0.25) is 20.0 Å². The van der Waals surface area contributed by atoms with Crippen LogP contribution in [0, 0.1) is 10.1 Å². The second-order valence-corrected chi connectivity index (χ2v) is 4.20. The van der Waals surface area contributed by atoms with Crippen LogP contribution < -0.4 is 14.8 Å². The Balaban J connectivity index is 1.81. The van der Waals surface area contributed by atoms with E-state index in [1.165, 1.54) is 0 Å². The summed E-state index contributed by atoms with van der Waals surface area (Å²) in [6, 6.07) is 4.87. The van der Waals surface area contributed by atoms with E-state index in [0.29, 0.717) is 30.4 Å². The van der Waals surface area contributed by atoms with Crippen molar-refractivity contribution >= 4 is 17.3 Å². The third-order valence-electron chi connectivity index (χ3n) is 2.84. The Bertz CT molecular complexity index is 711. The van der Waals surface area contributed by atoms with Crippen LogP contribution in [0.3, 0.4) is 0 Å². The first-order chi connectivity index (χ1) is 10.1. The van der Waals surface area contributed by atoms with Gasteiger partial charge in [0.15, 0.2) is 11.5 Å². The molecule has 1 aromatic carbocycles. The van der Waals surface area contributed by atoms with Crippen molar-refractivity contribution in [2.45, 2.75) is 0 Å². The van der Waals surface area contributed by atoms with Gasteiger partial charge in [-0.15, -0.1) is 0 Å². The van der Waals surface area contributed by atoms with Gasteiger partial charge >= 0.3 is 5.69 Å². The lowest BCUT2D eigenvalue weighted by Crippen LogP contribution is -2.17. The zero-order valence-corrected chi connectivity index (χ0v) is 10.7. The number of nitro groups is 1. The second kappa shape index (κ2) is 5.12. The number of anilines is 1. The summed E-state index contributed by atoms with van der Waals surface area (Å²) in [6.45, 7) is 0.898. The molecule has 0 aliphatic carbocycles. The number of hydrogen-bond acceptors (Lipinski definition) is 6. The fourth-order valence-electron chi connectivity index (χ4n) is 1.90. The van der Waals surface area contributed by atoms with Crippen LogP contribution in [0.1, 0.15) is 10.5 Å². The summed E-state index contributed by atoms with van der Waals surface area (Å²) in [6.07, 6.45) is 0.985. The van der Waals surface area contributed by atoms with E-state index < -0.39 is 10.8 Å². The van der Waals surface area contributed by atoms with E-state index in [-0.39, 0.29) is 11.4 Å². The molecular weight excluding hydrogens is 280 g/mol. The maximum absolute atomic E-state index is 12.0. The van der Waals surface area contributed by atoms with Crippen LogP contribution in [0.15, 0.2) is 24.4 Å². The van der Waals surface area contributed by atoms with Gasteiger partial charge in [-0.05, 0) is 12.1 Å². The van der Waals surface area contributed by atoms with Crippen molar-refractivity contribution in [1.82, 2.24) is 10.2 Å². The first-order valence-corrected chi connectivity index (χ1v) is 6.04. The number of nitrogens with zero attached hydrogens (tertiary/aromatic N) is 2. The SMILES string of the molecule is O=C(Nc1ccc2c(c1)OCCO2)c1[nH]ncc1[N+](=O)[O-]. The molecule has 2 N–H and O–H groups in total. The quantitative estimate of drug-likeness (QED) is 0.650. The van der Waals surface area contributed by atoms with Gasteiger partial charge in [0, 0.05) is 11.8 Å². The van der Waals surface area contributed by atoms with Gasteiger partial charge in [0.25, 0.3) is 5.91 Å². The van der Waals surface area contributed by atoms with Gasteiger partial charge in [0.2, 0.25) is 5.69 Å². The number of hydrogen-bond donors (Lipinski definition) is 2. The van der Waals surface area contributed by atoms with Gasteiger partial charge in [0.05, 0.1) is 4.92 Å². The predicted octanol–water partition coefficient (Wildman–Crippen LogP) is 1.34. The second-order valence-electron chi connectivity index (χ2n) is 4.20. The fraction of sp³-hybridized carbons (Fsp3) is 0.167. The molecule has 0 fully saturated rings. The summed E-state index contributed by atoms with van der Waals surface area (Å²) in [5.41, 5.74) is -0.159. The fourth-order valence-corrected chi connectivity index (χ4v) is 1.90. The molecule has 0 atom stereocenters. The molecule has 0 bridgehead atoms. The number of rotatable bonds is 3. The highest BCUT2D eigenvalue weighted by Crippen LogP contribution is 2.32. The lowest BCUT2D eigenvalue weighted by atomic mass is 10.2. The van der Waals surface area contributed by atoms with Gasteiger partial charge in [-0.1, -0.05) is 0 Å². The van der Waals surface area contributed by atoms with E-state index in [2.05, 4.69) is 15.5 Å². The zero-order valence-electron chi connectivity index (χ0n) is 10.7. The van der Waals surface area contributed by atoms with E-state index >= 15 is 0 Å². The summed E-state index contributed by atoms with van der Waals surface area (Å²) >= 11 is 0. The molecule has 0 radical (unpaired) electrons. The summed E-state index contributed by atoms with van der Waals surface area (Å²) in [5.74, 6) is 0.445. The first kappa shape index (κ1) is 12.9. The molecule has 1 aliphatic heterocycles. The summed E-state index contributed by atoms with van der Waals surface area (Å²) < 4.78 is 10.8. The van der Waals surface area contributed by atoms with Crippen molar-refractivity contribution in [3.8, 4) is 11.5 Å². The average Bonchev–Trinajstić information content (AvgIpc) is 2.97. The topological polar surface area (TPSA) is 119 Å². The van der Waals surface area contributed by atoms with E-state index in [0.717, 1.165) is 6.20 Å². The average molecular weight is 290 g/mol. The Labute approximate surface area is 118 Å². The maximum atomic E-state index is 12.0. The van der Waals surface area contributed by atoms with E-state index in [1.807, 2.05) is 0 Å². The molecule has 9 heteroatoms. The number of fused-ring (bicyclic) bond motifs is 1. The highest BCUT2D eigenvalue weighted by atomic mass is 16.6. The number of nitrogens with one attached hydrogen (secondary N) is 2. The molecule has 3 rings (SSSR count). The number of benzene rings is 1. The lowest BCUT2D eigenvalue weighted by Gasteiger charge is -2.18. The Morgan fingerprint density at radius 2 is 2.10 bits per heavy atom. The molecule has 1 aliphatic rings. The number of ether oxygens (including phenoxy) is 2. The van der Waals surface area contributed by atoms with Crippen molar-refractivity contribution < 1.29 is 19.2 Å². The monoisotopic (exact) mass is 290 g/mol. The van der Waals surface area contributed by atoms with Gasteiger partial charge in [0.1, 0.15) is 19.4 Å². The third kappa shape index (κ3) is 2.48. The van der Waals surface area contributed by atoms with E-state index in [9.17, 15) is 14.9 Å².